The van der Waals surface area contributed by atoms with E-state index in [2.05, 4.69) is 46.6 Å². The normalized spacial score (nSPS) is 15.0. The molecular weight excluding hydrogens is 162 g/mol. The first-order valence-corrected chi connectivity index (χ1v) is 5.22. The molecule has 1 unspecified atom stereocenters. The molecule has 0 rings (SSSR count). The molecule has 0 aromatic heterocycles. The topological polar surface area (TPSA) is 12.5 Å². The monoisotopic (exact) mass is 187 g/mol. The second-order valence-corrected chi connectivity index (χ2v) is 4.75. The summed E-state index contributed by atoms with van der Waals surface area (Å²) in [7, 11) is 2.12. The van der Waals surface area contributed by atoms with Gasteiger partial charge in [-0.15, -0.1) is 0 Å². The first-order valence-electron chi connectivity index (χ1n) is 5.22. The van der Waals surface area contributed by atoms with Gasteiger partial charge in [-0.1, -0.05) is 27.7 Å². The molecule has 0 N–H and O–H groups in total. The van der Waals surface area contributed by atoms with Crippen molar-refractivity contribution in [3.63, 3.8) is 0 Å². The summed E-state index contributed by atoms with van der Waals surface area (Å²) in [6.07, 6.45) is 1.36. The van der Waals surface area contributed by atoms with Crippen LogP contribution in [0.2, 0.25) is 0 Å². The van der Waals surface area contributed by atoms with E-state index in [-0.39, 0.29) is 6.23 Å². The van der Waals surface area contributed by atoms with Crippen LogP contribution >= 0.6 is 0 Å². The van der Waals surface area contributed by atoms with Gasteiger partial charge in [0.15, 0.2) is 0 Å². The summed E-state index contributed by atoms with van der Waals surface area (Å²) in [6.45, 7) is 12.8. The lowest BCUT2D eigenvalue weighted by Crippen LogP contribution is -2.37. The van der Waals surface area contributed by atoms with Gasteiger partial charge in [-0.2, -0.15) is 0 Å². The maximum Gasteiger partial charge on any atom is 0.110 e. The number of rotatable bonds is 5. The number of ether oxygens (including phenoxy) is 1. The number of hydrogen-bond donors (Lipinski definition) is 0. The van der Waals surface area contributed by atoms with Crippen molar-refractivity contribution in [2.45, 2.75) is 47.3 Å². The zero-order valence-corrected chi connectivity index (χ0v) is 10.1. The Bertz CT molecular complexity index is 129. The van der Waals surface area contributed by atoms with Crippen LogP contribution in [0.5, 0.6) is 0 Å². The maximum atomic E-state index is 5.70. The van der Waals surface area contributed by atoms with E-state index in [4.69, 9.17) is 4.74 Å². The molecule has 0 aromatic carbocycles. The zero-order valence-electron chi connectivity index (χ0n) is 10.1. The Morgan fingerprint density at radius 1 is 1.23 bits per heavy atom. The molecule has 0 radical (unpaired) electrons. The highest BCUT2D eigenvalue weighted by atomic mass is 16.5. The molecule has 0 aliphatic rings. The van der Waals surface area contributed by atoms with Gasteiger partial charge in [-0.25, -0.2) is 0 Å². The molecule has 0 fully saturated rings. The molecule has 0 spiro atoms. The molecule has 0 aliphatic carbocycles. The van der Waals surface area contributed by atoms with Crippen molar-refractivity contribution < 1.29 is 4.74 Å². The quantitative estimate of drug-likeness (QED) is 0.614. The van der Waals surface area contributed by atoms with Crippen molar-refractivity contribution in [2.75, 3.05) is 20.2 Å². The van der Waals surface area contributed by atoms with E-state index in [1.807, 2.05) is 0 Å². The van der Waals surface area contributed by atoms with Crippen LogP contribution in [0.3, 0.4) is 0 Å². The van der Waals surface area contributed by atoms with Crippen LogP contribution in [-0.2, 0) is 4.74 Å². The fourth-order valence-electron chi connectivity index (χ4n) is 1.26. The molecular formula is C11H25NO. The van der Waals surface area contributed by atoms with Gasteiger partial charge in [0.25, 0.3) is 0 Å². The van der Waals surface area contributed by atoms with Crippen molar-refractivity contribution >= 4 is 0 Å². The van der Waals surface area contributed by atoms with E-state index in [0.29, 0.717) is 5.41 Å². The Morgan fingerprint density at radius 2 is 1.77 bits per heavy atom. The third-order valence-corrected chi connectivity index (χ3v) is 2.14. The summed E-state index contributed by atoms with van der Waals surface area (Å²) in [4.78, 5) is 2.26. The minimum Gasteiger partial charge on any atom is -0.363 e. The molecule has 0 saturated heterocycles. The lowest BCUT2D eigenvalue weighted by Gasteiger charge is -2.32. The zero-order chi connectivity index (χ0) is 10.5. The maximum absolute atomic E-state index is 5.70. The van der Waals surface area contributed by atoms with E-state index in [1.54, 1.807) is 0 Å². The molecule has 0 aliphatic heterocycles. The Labute approximate surface area is 83.3 Å². The van der Waals surface area contributed by atoms with E-state index < -0.39 is 0 Å². The van der Waals surface area contributed by atoms with Gasteiger partial charge in [0.1, 0.15) is 6.23 Å². The van der Waals surface area contributed by atoms with Crippen molar-refractivity contribution in [1.29, 1.82) is 0 Å². The SMILES string of the molecule is CCOC(CC(C)(C)C)N(C)CC. The van der Waals surface area contributed by atoms with Gasteiger partial charge in [-0.3, -0.25) is 4.90 Å². The van der Waals surface area contributed by atoms with Crippen molar-refractivity contribution in [3.8, 4) is 0 Å². The average molecular weight is 187 g/mol. The van der Waals surface area contributed by atoms with Crippen molar-refractivity contribution in [2.24, 2.45) is 5.41 Å². The summed E-state index contributed by atoms with van der Waals surface area (Å²) < 4.78 is 5.70. The first-order chi connectivity index (χ1) is 5.90. The molecule has 13 heavy (non-hydrogen) atoms. The fraction of sp³-hybridized carbons (Fsp3) is 1.00. The molecule has 1 atom stereocenters. The van der Waals surface area contributed by atoms with Crippen LogP contribution in [-0.4, -0.2) is 31.3 Å². The smallest absolute Gasteiger partial charge is 0.110 e. The van der Waals surface area contributed by atoms with E-state index in [0.717, 1.165) is 19.6 Å². The molecule has 2 heteroatoms. The highest BCUT2D eigenvalue weighted by Gasteiger charge is 2.21. The Hall–Kier alpha value is -0.0800. The molecule has 0 bridgehead atoms. The highest BCUT2D eigenvalue weighted by Crippen LogP contribution is 2.23. The van der Waals surface area contributed by atoms with E-state index in [9.17, 15) is 0 Å². The van der Waals surface area contributed by atoms with Crippen LogP contribution in [0.4, 0.5) is 0 Å². The van der Waals surface area contributed by atoms with Crippen LogP contribution < -0.4 is 0 Å². The van der Waals surface area contributed by atoms with Crippen LogP contribution in [0, 0.1) is 5.41 Å². The van der Waals surface area contributed by atoms with Gasteiger partial charge in [0.05, 0.1) is 0 Å². The first kappa shape index (κ1) is 12.9. The standard InChI is InChI=1S/C11H25NO/c1-7-12(6)10(13-8-2)9-11(3,4)5/h10H,7-9H2,1-6H3. The summed E-state index contributed by atoms with van der Waals surface area (Å²) in [5.41, 5.74) is 0.337. The van der Waals surface area contributed by atoms with Crippen LogP contribution in [0.15, 0.2) is 0 Å². The van der Waals surface area contributed by atoms with Crippen LogP contribution in [0.1, 0.15) is 41.0 Å². The highest BCUT2D eigenvalue weighted by molar-refractivity contribution is 4.68. The molecule has 0 heterocycles. The van der Waals surface area contributed by atoms with Gasteiger partial charge in [0, 0.05) is 6.61 Å². The predicted octanol–water partition coefficient (Wildman–Crippen LogP) is 2.74. The predicted molar refractivity (Wildman–Crippen MR) is 57.8 cm³/mol. The Morgan fingerprint density at radius 3 is 2.08 bits per heavy atom. The van der Waals surface area contributed by atoms with Gasteiger partial charge >= 0.3 is 0 Å². The third-order valence-electron chi connectivity index (χ3n) is 2.14. The lowest BCUT2D eigenvalue weighted by molar-refractivity contribution is -0.0614. The number of hydrogen-bond acceptors (Lipinski definition) is 2. The fourth-order valence-corrected chi connectivity index (χ4v) is 1.26. The second-order valence-electron chi connectivity index (χ2n) is 4.75. The molecule has 0 amide bonds. The van der Waals surface area contributed by atoms with E-state index >= 15 is 0 Å². The summed E-state index contributed by atoms with van der Waals surface area (Å²) in [5, 5.41) is 0. The average Bonchev–Trinajstić information content (AvgIpc) is 2.00. The minimum absolute atomic E-state index is 0.273. The molecule has 0 saturated carbocycles. The lowest BCUT2D eigenvalue weighted by atomic mass is 9.91. The minimum atomic E-state index is 0.273. The molecule has 0 aromatic rings. The summed E-state index contributed by atoms with van der Waals surface area (Å²) >= 11 is 0. The van der Waals surface area contributed by atoms with Gasteiger partial charge in [0.2, 0.25) is 0 Å². The molecule has 80 valence electrons. The molecule has 2 nitrogen and oxygen atoms in total. The van der Waals surface area contributed by atoms with Crippen LogP contribution in [0.25, 0.3) is 0 Å². The summed E-state index contributed by atoms with van der Waals surface area (Å²) in [5.74, 6) is 0. The Kier molecular flexibility index (Phi) is 5.57. The second kappa shape index (κ2) is 5.61. The Balaban J connectivity index is 4.09. The van der Waals surface area contributed by atoms with Gasteiger partial charge in [-0.05, 0) is 32.4 Å². The van der Waals surface area contributed by atoms with Crippen molar-refractivity contribution in [1.82, 2.24) is 4.90 Å². The largest absolute Gasteiger partial charge is 0.363 e. The number of nitrogens with zero attached hydrogens (tertiary/aromatic N) is 1. The van der Waals surface area contributed by atoms with E-state index in [1.165, 1.54) is 0 Å². The third kappa shape index (κ3) is 6.05. The summed E-state index contributed by atoms with van der Waals surface area (Å²) in [6, 6.07) is 0. The van der Waals surface area contributed by atoms with Gasteiger partial charge < -0.3 is 4.74 Å². The van der Waals surface area contributed by atoms with Crippen molar-refractivity contribution in [3.05, 3.63) is 0 Å².